The van der Waals surface area contributed by atoms with Gasteiger partial charge in [-0.2, -0.15) is 0 Å². The highest BCUT2D eigenvalue weighted by Gasteiger charge is 2.34. The van der Waals surface area contributed by atoms with Crippen molar-refractivity contribution in [3.05, 3.63) is 36.3 Å². The average molecular weight is 203 g/mol. The van der Waals surface area contributed by atoms with Crippen molar-refractivity contribution in [3.8, 4) is 0 Å². The Balaban J connectivity index is 1.45. The van der Waals surface area contributed by atoms with E-state index in [1.807, 2.05) is 12.1 Å². The quantitative estimate of drug-likeness (QED) is 0.761. The van der Waals surface area contributed by atoms with Crippen molar-refractivity contribution in [1.82, 2.24) is 5.32 Å². The van der Waals surface area contributed by atoms with E-state index in [1.54, 1.807) is 6.26 Å². The minimum atomic E-state index is 0.846. The zero-order valence-corrected chi connectivity index (χ0v) is 8.86. The first-order valence-electron chi connectivity index (χ1n) is 5.83. The molecule has 2 aliphatic carbocycles. The van der Waals surface area contributed by atoms with E-state index in [1.165, 1.54) is 12.8 Å². The summed E-state index contributed by atoms with van der Waals surface area (Å²) < 4.78 is 5.28. The predicted octanol–water partition coefficient (Wildman–Crippen LogP) is 2.58. The van der Waals surface area contributed by atoms with Crippen molar-refractivity contribution >= 4 is 0 Å². The average Bonchev–Trinajstić information content (AvgIpc) is 2.93. The van der Waals surface area contributed by atoms with E-state index in [0.29, 0.717) is 0 Å². The summed E-state index contributed by atoms with van der Waals surface area (Å²) in [6.07, 6.45) is 9.32. The Hall–Kier alpha value is -1.02. The molecular formula is C13H17NO. The van der Waals surface area contributed by atoms with Crippen molar-refractivity contribution in [1.29, 1.82) is 0 Å². The molecule has 2 heteroatoms. The van der Waals surface area contributed by atoms with Gasteiger partial charge in [-0.05, 0) is 49.3 Å². The molecule has 0 spiro atoms. The van der Waals surface area contributed by atoms with Crippen LogP contribution in [0.1, 0.15) is 18.6 Å². The molecule has 2 nitrogen and oxygen atoms in total. The van der Waals surface area contributed by atoms with Crippen LogP contribution >= 0.6 is 0 Å². The van der Waals surface area contributed by atoms with E-state index in [2.05, 4.69) is 17.5 Å². The molecule has 15 heavy (non-hydrogen) atoms. The molecule has 3 atom stereocenters. The summed E-state index contributed by atoms with van der Waals surface area (Å²) in [5.74, 6) is 3.62. The molecule has 1 saturated carbocycles. The molecule has 3 rings (SSSR count). The van der Waals surface area contributed by atoms with Crippen LogP contribution in [0.5, 0.6) is 0 Å². The van der Waals surface area contributed by atoms with Crippen LogP contribution in [0.4, 0.5) is 0 Å². The summed E-state index contributed by atoms with van der Waals surface area (Å²) in [5.41, 5.74) is 0. The maximum Gasteiger partial charge on any atom is 0.117 e. The second-order valence-electron chi connectivity index (χ2n) is 4.75. The van der Waals surface area contributed by atoms with Crippen LogP contribution in [0.2, 0.25) is 0 Å². The van der Waals surface area contributed by atoms with E-state index in [0.717, 1.165) is 36.6 Å². The lowest BCUT2D eigenvalue weighted by Crippen LogP contribution is -2.24. The Morgan fingerprint density at radius 2 is 2.33 bits per heavy atom. The lowest BCUT2D eigenvalue weighted by molar-refractivity contribution is 0.397. The van der Waals surface area contributed by atoms with Crippen molar-refractivity contribution in [2.24, 2.45) is 17.8 Å². The lowest BCUT2D eigenvalue weighted by atomic mass is 9.94. The first-order chi connectivity index (χ1) is 7.42. The van der Waals surface area contributed by atoms with Gasteiger partial charge < -0.3 is 9.73 Å². The number of allylic oxidation sites excluding steroid dienone is 2. The van der Waals surface area contributed by atoms with Crippen LogP contribution in [-0.4, -0.2) is 6.54 Å². The van der Waals surface area contributed by atoms with Gasteiger partial charge in [0.2, 0.25) is 0 Å². The zero-order valence-electron chi connectivity index (χ0n) is 8.86. The zero-order chi connectivity index (χ0) is 10.1. The summed E-state index contributed by atoms with van der Waals surface area (Å²) in [4.78, 5) is 0. The number of fused-ring (bicyclic) bond motifs is 2. The Kier molecular flexibility index (Phi) is 2.37. The second kappa shape index (κ2) is 3.86. The highest BCUT2D eigenvalue weighted by Crippen LogP contribution is 2.42. The van der Waals surface area contributed by atoms with Crippen LogP contribution in [0, 0.1) is 17.8 Å². The molecule has 0 unspecified atom stereocenters. The van der Waals surface area contributed by atoms with Gasteiger partial charge in [0, 0.05) is 0 Å². The van der Waals surface area contributed by atoms with E-state index >= 15 is 0 Å². The monoisotopic (exact) mass is 203 g/mol. The molecule has 0 aromatic carbocycles. The molecule has 0 radical (unpaired) electrons. The van der Waals surface area contributed by atoms with Gasteiger partial charge in [0.25, 0.3) is 0 Å². The predicted molar refractivity (Wildman–Crippen MR) is 59.3 cm³/mol. The molecule has 0 aliphatic heterocycles. The van der Waals surface area contributed by atoms with Gasteiger partial charge in [0.1, 0.15) is 5.76 Å². The molecule has 1 fully saturated rings. The number of nitrogens with one attached hydrogen (secondary N) is 1. The topological polar surface area (TPSA) is 25.2 Å². The largest absolute Gasteiger partial charge is 0.468 e. The van der Waals surface area contributed by atoms with Crippen LogP contribution < -0.4 is 5.32 Å². The fourth-order valence-corrected chi connectivity index (χ4v) is 2.92. The van der Waals surface area contributed by atoms with Gasteiger partial charge >= 0.3 is 0 Å². The normalized spacial score (nSPS) is 32.7. The van der Waals surface area contributed by atoms with Gasteiger partial charge in [0.05, 0.1) is 12.8 Å². The van der Waals surface area contributed by atoms with E-state index in [-0.39, 0.29) is 0 Å². The standard InChI is InChI=1S/C13H17NO/c1-2-13(15-5-1)9-14-8-12-7-10-3-4-11(12)6-10/h1-5,10-12,14H,6-9H2/t10-,11+,12+/m1/s1. The summed E-state index contributed by atoms with van der Waals surface area (Å²) >= 11 is 0. The van der Waals surface area contributed by atoms with Gasteiger partial charge in [-0.3, -0.25) is 0 Å². The van der Waals surface area contributed by atoms with E-state index in [4.69, 9.17) is 4.42 Å². The second-order valence-corrected chi connectivity index (χ2v) is 4.75. The molecule has 1 heterocycles. The number of hydrogen-bond donors (Lipinski definition) is 1. The summed E-state index contributed by atoms with van der Waals surface area (Å²) in [6, 6.07) is 3.96. The SMILES string of the molecule is C1=C[C@H]2C[C@@H]1C[C@H]2CNCc1ccco1. The molecule has 1 N–H and O–H groups in total. The van der Waals surface area contributed by atoms with Gasteiger partial charge in [0.15, 0.2) is 0 Å². The minimum absolute atomic E-state index is 0.846. The fraction of sp³-hybridized carbons (Fsp3) is 0.538. The van der Waals surface area contributed by atoms with Crippen molar-refractivity contribution in [2.75, 3.05) is 6.54 Å². The van der Waals surface area contributed by atoms with E-state index in [9.17, 15) is 0 Å². The number of hydrogen-bond acceptors (Lipinski definition) is 2. The molecule has 1 aromatic rings. The highest BCUT2D eigenvalue weighted by molar-refractivity contribution is 5.10. The van der Waals surface area contributed by atoms with E-state index < -0.39 is 0 Å². The first-order valence-corrected chi connectivity index (χ1v) is 5.83. The summed E-state index contributed by atoms with van der Waals surface area (Å²) in [7, 11) is 0. The molecule has 1 aromatic heterocycles. The van der Waals surface area contributed by atoms with Crippen molar-refractivity contribution in [2.45, 2.75) is 19.4 Å². The molecule has 0 saturated heterocycles. The molecule has 2 aliphatic rings. The van der Waals surface area contributed by atoms with Gasteiger partial charge in [-0.25, -0.2) is 0 Å². The van der Waals surface area contributed by atoms with Crippen LogP contribution in [0.15, 0.2) is 35.0 Å². The molecular weight excluding hydrogens is 186 g/mol. The lowest BCUT2D eigenvalue weighted by Gasteiger charge is -2.17. The number of rotatable bonds is 4. The first kappa shape index (κ1) is 9.22. The van der Waals surface area contributed by atoms with Crippen molar-refractivity contribution in [3.63, 3.8) is 0 Å². The van der Waals surface area contributed by atoms with Gasteiger partial charge in [-0.1, -0.05) is 12.2 Å². The number of furan rings is 1. The van der Waals surface area contributed by atoms with Crippen LogP contribution in [0.25, 0.3) is 0 Å². The van der Waals surface area contributed by atoms with Crippen molar-refractivity contribution < 1.29 is 4.42 Å². The molecule has 2 bridgehead atoms. The fourth-order valence-electron chi connectivity index (χ4n) is 2.92. The maximum absolute atomic E-state index is 5.28. The third kappa shape index (κ3) is 1.86. The van der Waals surface area contributed by atoms with Crippen LogP contribution in [0.3, 0.4) is 0 Å². The molecule has 0 amide bonds. The molecule has 80 valence electrons. The Bertz CT molecular complexity index is 341. The smallest absolute Gasteiger partial charge is 0.117 e. The Morgan fingerprint density at radius 1 is 1.33 bits per heavy atom. The van der Waals surface area contributed by atoms with Crippen LogP contribution in [-0.2, 0) is 6.54 Å². The van der Waals surface area contributed by atoms with Gasteiger partial charge in [-0.15, -0.1) is 0 Å². The Morgan fingerprint density at radius 3 is 3.00 bits per heavy atom. The summed E-state index contributed by atoms with van der Waals surface area (Å²) in [5, 5.41) is 3.49. The highest BCUT2D eigenvalue weighted by atomic mass is 16.3. The minimum Gasteiger partial charge on any atom is -0.468 e. The third-order valence-electron chi connectivity index (χ3n) is 3.70. The third-order valence-corrected chi connectivity index (χ3v) is 3.70. The maximum atomic E-state index is 5.28. The summed E-state index contributed by atoms with van der Waals surface area (Å²) in [6.45, 7) is 2.00. The Labute approximate surface area is 90.4 Å².